The number of hydrogen-bond acceptors (Lipinski definition) is 6. The van der Waals surface area contributed by atoms with Crippen LogP contribution in [0.2, 0.25) is 0 Å². The molecule has 1 fully saturated rings. The van der Waals surface area contributed by atoms with Gasteiger partial charge in [-0.3, -0.25) is 19.2 Å². The normalized spacial score (nSPS) is 14.3. The summed E-state index contributed by atoms with van der Waals surface area (Å²) in [5.41, 5.74) is 4.40. The molecule has 6 rings (SSSR count). The summed E-state index contributed by atoms with van der Waals surface area (Å²) in [5.74, 6) is 1.46. The van der Waals surface area contributed by atoms with Crippen LogP contribution in [0.15, 0.2) is 97.5 Å². The molecule has 0 atom stereocenters. The average molecular weight is 532 g/mol. The number of pyridine rings is 1. The van der Waals surface area contributed by atoms with E-state index >= 15 is 0 Å². The van der Waals surface area contributed by atoms with Crippen molar-refractivity contribution in [3.63, 3.8) is 0 Å². The highest BCUT2D eigenvalue weighted by Gasteiger charge is 2.22. The zero-order valence-corrected chi connectivity index (χ0v) is 22.4. The van der Waals surface area contributed by atoms with Gasteiger partial charge in [0.05, 0.1) is 11.9 Å². The number of nitrogens with one attached hydrogen (secondary N) is 2. The summed E-state index contributed by atoms with van der Waals surface area (Å²) in [6.45, 7) is 3.57. The summed E-state index contributed by atoms with van der Waals surface area (Å²) < 4.78 is 2.01. The largest absolute Gasteiger partial charge is 0.364 e. The number of amides is 1. The lowest BCUT2D eigenvalue weighted by atomic mass is 10.0. The third kappa shape index (κ3) is 6.18. The van der Waals surface area contributed by atoms with Crippen molar-refractivity contribution in [3.8, 4) is 5.82 Å². The van der Waals surface area contributed by atoms with Gasteiger partial charge in [0.1, 0.15) is 5.82 Å². The molecule has 40 heavy (non-hydrogen) atoms. The third-order valence-corrected chi connectivity index (χ3v) is 7.44. The second-order valence-corrected chi connectivity index (χ2v) is 10.3. The van der Waals surface area contributed by atoms with Crippen molar-refractivity contribution in [1.82, 2.24) is 30.0 Å². The van der Waals surface area contributed by atoms with Gasteiger partial charge in [-0.1, -0.05) is 54.6 Å². The molecule has 1 saturated heterocycles. The molecule has 2 aromatic carbocycles. The summed E-state index contributed by atoms with van der Waals surface area (Å²) in [7, 11) is 0. The summed E-state index contributed by atoms with van der Waals surface area (Å²) in [4.78, 5) is 19.7. The van der Waals surface area contributed by atoms with E-state index in [1.54, 1.807) is 6.20 Å². The summed E-state index contributed by atoms with van der Waals surface area (Å²) in [6, 6.07) is 26.7. The molecule has 0 unspecified atom stereocenters. The number of nitrogens with zero attached hydrogens (tertiary/aromatic N) is 5. The van der Waals surface area contributed by atoms with Crippen LogP contribution in [0.25, 0.3) is 16.7 Å². The summed E-state index contributed by atoms with van der Waals surface area (Å²) >= 11 is 0. The maximum Gasteiger partial charge on any atom is 0.224 e. The Hall–Kier alpha value is -4.56. The van der Waals surface area contributed by atoms with Gasteiger partial charge in [0.15, 0.2) is 5.82 Å². The zero-order valence-electron chi connectivity index (χ0n) is 22.4. The molecule has 8 nitrogen and oxygen atoms in total. The molecule has 0 spiro atoms. The van der Waals surface area contributed by atoms with E-state index in [0.29, 0.717) is 24.6 Å². The van der Waals surface area contributed by atoms with Crippen LogP contribution in [0.5, 0.6) is 0 Å². The van der Waals surface area contributed by atoms with Crippen molar-refractivity contribution in [3.05, 3.63) is 114 Å². The van der Waals surface area contributed by atoms with E-state index in [-0.39, 0.29) is 11.9 Å². The van der Waals surface area contributed by atoms with Gasteiger partial charge in [0, 0.05) is 56.2 Å². The first kappa shape index (κ1) is 25.7. The summed E-state index contributed by atoms with van der Waals surface area (Å²) in [6.07, 6.45) is 7.87. The number of likely N-dealkylation sites (tertiary alicyclic amines) is 1. The number of anilines is 1. The van der Waals surface area contributed by atoms with Gasteiger partial charge in [0.25, 0.3) is 0 Å². The Balaban J connectivity index is 1.08. The maximum absolute atomic E-state index is 13.1. The molecule has 8 heteroatoms. The minimum atomic E-state index is 0.0606. The first-order chi connectivity index (χ1) is 19.7. The fourth-order valence-electron chi connectivity index (χ4n) is 5.35. The molecule has 0 saturated carbocycles. The van der Waals surface area contributed by atoms with Crippen LogP contribution >= 0.6 is 0 Å². The third-order valence-electron chi connectivity index (χ3n) is 7.44. The molecule has 3 aromatic heterocycles. The van der Waals surface area contributed by atoms with E-state index in [1.165, 1.54) is 5.56 Å². The Morgan fingerprint density at radius 3 is 2.45 bits per heavy atom. The number of carbonyl (C=O) groups is 1. The fourth-order valence-corrected chi connectivity index (χ4v) is 5.35. The van der Waals surface area contributed by atoms with Gasteiger partial charge in [-0.2, -0.15) is 0 Å². The lowest BCUT2D eigenvalue weighted by molar-refractivity contribution is -0.121. The van der Waals surface area contributed by atoms with Crippen molar-refractivity contribution in [1.29, 1.82) is 0 Å². The standard InChI is InChI=1S/C32H33N7O/c40-32(35-27-14-17-38(18-15-27)22-24-7-2-1-3-8-24)19-26-23-39(29-11-5-4-10-28(26)29)31-13-12-30(36-37-31)34-21-25-9-6-16-33-20-25/h1-13,16,20,23,27H,14-15,17-19,21-22H2,(H,34,36)(H,35,40). The topological polar surface area (TPSA) is 88.0 Å². The average Bonchev–Trinajstić information content (AvgIpc) is 3.36. The van der Waals surface area contributed by atoms with E-state index in [9.17, 15) is 4.79 Å². The van der Waals surface area contributed by atoms with Gasteiger partial charge < -0.3 is 10.6 Å². The molecule has 202 valence electrons. The number of fused-ring (bicyclic) bond motifs is 1. The van der Waals surface area contributed by atoms with Gasteiger partial charge in [-0.25, -0.2) is 0 Å². The molecule has 1 aliphatic rings. The number of piperidine rings is 1. The highest BCUT2D eigenvalue weighted by Crippen LogP contribution is 2.25. The van der Waals surface area contributed by atoms with E-state index in [4.69, 9.17) is 0 Å². The zero-order chi connectivity index (χ0) is 27.1. The van der Waals surface area contributed by atoms with Gasteiger partial charge in [0.2, 0.25) is 5.91 Å². The lowest BCUT2D eigenvalue weighted by Gasteiger charge is -2.32. The SMILES string of the molecule is O=C(Cc1cn(-c2ccc(NCc3cccnc3)nn2)c2ccccc12)NC1CCN(Cc2ccccc2)CC1. The minimum Gasteiger partial charge on any atom is -0.364 e. The van der Waals surface area contributed by atoms with E-state index in [0.717, 1.165) is 54.5 Å². The van der Waals surface area contributed by atoms with Crippen LogP contribution < -0.4 is 10.6 Å². The Labute approximate surface area is 234 Å². The Kier molecular flexibility index (Phi) is 7.77. The van der Waals surface area contributed by atoms with Gasteiger partial charge >= 0.3 is 0 Å². The number of hydrogen-bond donors (Lipinski definition) is 2. The monoisotopic (exact) mass is 531 g/mol. The Morgan fingerprint density at radius 1 is 0.875 bits per heavy atom. The molecular formula is C32H33N7O. The Morgan fingerprint density at radius 2 is 1.68 bits per heavy atom. The second-order valence-electron chi connectivity index (χ2n) is 10.3. The van der Waals surface area contributed by atoms with Gasteiger partial charge in [-0.15, -0.1) is 10.2 Å². The number of benzene rings is 2. The highest BCUT2D eigenvalue weighted by atomic mass is 16.1. The molecule has 1 amide bonds. The van der Waals surface area contributed by atoms with E-state index in [2.05, 4.69) is 73.2 Å². The molecule has 4 heterocycles. The van der Waals surface area contributed by atoms with Crippen molar-refractivity contribution in [2.45, 2.75) is 38.4 Å². The second kappa shape index (κ2) is 12.1. The predicted octanol–water partition coefficient (Wildman–Crippen LogP) is 4.75. The predicted molar refractivity (Wildman–Crippen MR) is 157 cm³/mol. The molecule has 0 radical (unpaired) electrons. The van der Waals surface area contributed by atoms with Crippen LogP contribution in [-0.2, 0) is 24.3 Å². The molecule has 0 bridgehead atoms. The molecular weight excluding hydrogens is 498 g/mol. The van der Waals surface area contributed by atoms with Crippen LogP contribution in [-0.4, -0.2) is 49.7 Å². The van der Waals surface area contributed by atoms with Crippen molar-refractivity contribution < 1.29 is 4.79 Å². The van der Waals surface area contributed by atoms with E-state index < -0.39 is 0 Å². The van der Waals surface area contributed by atoms with Crippen LogP contribution in [0.3, 0.4) is 0 Å². The van der Waals surface area contributed by atoms with Crippen molar-refractivity contribution >= 4 is 22.6 Å². The van der Waals surface area contributed by atoms with Gasteiger partial charge in [-0.05, 0) is 53.8 Å². The first-order valence-electron chi connectivity index (χ1n) is 13.8. The fraction of sp³-hybridized carbons (Fsp3) is 0.250. The summed E-state index contributed by atoms with van der Waals surface area (Å²) in [5, 5.41) is 16.5. The number of para-hydroxylation sites is 1. The van der Waals surface area contributed by atoms with Crippen LogP contribution in [0.4, 0.5) is 5.82 Å². The maximum atomic E-state index is 13.1. The smallest absolute Gasteiger partial charge is 0.224 e. The Bertz CT molecular complexity index is 1540. The first-order valence-corrected chi connectivity index (χ1v) is 13.8. The van der Waals surface area contributed by atoms with Crippen molar-refractivity contribution in [2.24, 2.45) is 0 Å². The molecule has 5 aromatic rings. The van der Waals surface area contributed by atoms with E-state index in [1.807, 2.05) is 53.4 Å². The number of rotatable bonds is 9. The number of carbonyl (C=O) groups excluding carboxylic acids is 1. The highest BCUT2D eigenvalue weighted by molar-refractivity contribution is 5.90. The minimum absolute atomic E-state index is 0.0606. The quantitative estimate of drug-likeness (QED) is 0.285. The van der Waals surface area contributed by atoms with Crippen molar-refractivity contribution in [2.75, 3.05) is 18.4 Å². The van der Waals surface area contributed by atoms with Crippen LogP contribution in [0, 0.1) is 0 Å². The lowest BCUT2D eigenvalue weighted by Crippen LogP contribution is -2.44. The van der Waals surface area contributed by atoms with Crippen LogP contribution in [0.1, 0.15) is 29.5 Å². The molecule has 0 aliphatic carbocycles. The number of aromatic nitrogens is 4. The molecule has 2 N–H and O–H groups in total. The molecule has 1 aliphatic heterocycles.